The Hall–Kier alpha value is -2.80. The summed E-state index contributed by atoms with van der Waals surface area (Å²) in [6, 6.07) is 13.7. The molecule has 146 valence electrons. The average Bonchev–Trinajstić information content (AvgIpc) is 3.19. The van der Waals surface area contributed by atoms with Crippen molar-refractivity contribution in [2.45, 2.75) is 6.42 Å². The third kappa shape index (κ3) is 3.75. The number of nitrogens with zero attached hydrogens (tertiary/aromatic N) is 3. The molecule has 28 heavy (non-hydrogen) atoms. The van der Waals surface area contributed by atoms with Crippen molar-refractivity contribution >= 4 is 32.6 Å². The number of thiazole rings is 1. The molecule has 0 bridgehead atoms. The number of fused-ring (bicyclic) bond motifs is 1. The SMILES string of the molecule is COc1ccc(CC(=O)N2CCN(c3nc4c(OC)cccc4s3)CC2)cc1. The first-order valence-corrected chi connectivity index (χ1v) is 10.1. The topological polar surface area (TPSA) is 54.9 Å². The van der Waals surface area contributed by atoms with Gasteiger partial charge in [-0.1, -0.05) is 29.5 Å². The molecule has 2 heterocycles. The van der Waals surface area contributed by atoms with Gasteiger partial charge in [0, 0.05) is 26.2 Å². The number of hydrogen-bond donors (Lipinski definition) is 0. The second-order valence-corrected chi connectivity index (χ2v) is 7.71. The maximum Gasteiger partial charge on any atom is 0.227 e. The number of hydrogen-bond acceptors (Lipinski definition) is 6. The van der Waals surface area contributed by atoms with Crippen LogP contribution in [0.3, 0.4) is 0 Å². The summed E-state index contributed by atoms with van der Waals surface area (Å²) in [6.45, 7) is 3.00. The number of para-hydroxylation sites is 1. The fraction of sp³-hybridized carbons (Fsp3) is 0.333. The zero-order chi connectivity index (χ0) is 19.5. The third-order valence-corrected chi connectivity index (χ3v) is 6.09. The molecule has 1 aliphatic heterocycles. The summed E-state index contributed by atoms with van der Waals surface area (Å²) < 4.78 is 11.7. The number of ether oxygens (including phenoxy) is 2. The molecule has 0 unspecified atom stereocenters. The molecule has 0 saturated carbocycles. The Bertz CT molecular complexity index is 963. The molecule has 1 fully saturated rings. The summed E-state index contributed by atoms with van der Waals surface area (Å²) in [5.41, 5.74) is 1.91. The maximum absolute atomic E-state index is 12.6. The molecule has 3 aromatic rings. The van der Waals surface area contributed by atoms with Gasteiger partial charge in [-0.3, -0.25) is 4.79 Å². The summed E-state index contributed by atoms with van der Waals surface area (Å²) >= 11 is 1.67. The van der Waals surface area contributed by atoms with Crippen LogP contribution in [0.4, 0.5) is 5.13 Å². The van der Waals surface area contributed by atoms with Gasteiger partial charge >= 0.3 is 0 Å². The number of amides is 1. The predicted octanol–water partition coefficient (Wildman–Crippen LogP) is 3.20. The summed E-state index contributed by atoms with van der Waals surface area (Å²) in [4.78, 5) is 21.6. The molecular weight excluding hydrogens is 374 g/mol. The van der Waals surface area contributed by atoms with E-state index in [1.54, 1.807) is 25.6 Å². The fourth-order valence-corrected chi connectivity index (χ4v) is 4.42. The molecule has 0 N–H and O–H groups in total. The second-order valence-electron chi connectivity index (χ2n) is 6.70. The standard InChI is InChI=1S/C21H23N3O3S/c1-26-16-8-6-15(7-9-16)14-19(25)23-10-12-24(13-11-23)21-22-20-17(27-2)4-3-5-18(20)28-21/h3-9H,10-14H2,1-2H3. The first-order valence-electron chi connectivity index (χ1n) is 9.27. The molecular formula is C21H23N3O3S. The highest BCUT2D eigenvalue weighted by molar-refractivity contribution is 7.22. The van der Waals surface area contributed by atoms with Crippen LogP contribution in [0.1, 0.15) is 5.56 Å². The van der Waals surface area contributed by atoms with Crippen LogP contribution >= 0.6 is 11.3 Å². The number of piperazine rings is 1. The van der Waals surface area contributed by atoms with Gasteiger partial charge in [-0.05, 0) is 29.8 Å². The van der Waals surface area contributed by atoms with Gasteiger partial charge < -0.3 is 19.3 Å². The quantitative estimate of drug-likeness (QED) is 0.662. The van der Waals surface area contributed by atoms with Crippen LogP contribution in [-0.2, 0) is 11.2 Å². The maximum atomic E-state index is 12.6. The normalized spacial score (nSPS) is 14.4. The van der Waals surface area contributed by atoms with Crippen molar-refractivity contribution in [1.29, 1.82) is 0 Å². The summed E-state index contributed by atoms with van der Waals surface area (Å²) in [5, 5.41) is 0.988. The highest BCUT2D eigenvalue weighted by Crippen LogP contribution is 2.34. The number of carbonyl (C=O) groups is 1. The zero-order valence-corrected chi connectivity index (χ0v) is 16.9. The highest BCUT2D eigenvalue weighted by atomic mass is 32.1. The Kier molecular flexibility index (Phi) is 5.34. The molecule has 2 aromatic carbocycles. The number of anilines is 1. The van der Waals surface area contributed by atoms with Gasteiger partial charge in [-0.2, -0.15) is 0 Å². The lowest BCUT2D eigenvalue weighted by Crippen LogP contribution is -2.49. The lowest BCUT2D eigenvalue weighted by molar-refractivity contribution is -0.130. The van der Waals surface area contributed by atoms with Gasteiger partial charge in [-0.25, -0.2) is 4.98 Å². The first kappa shape index (κ1) is 18.6. The van der Waals surface area contributed by atoms with Crippen LogP contribution < -0.4 is 14.4 Å². The van der Waals surface area contributed by atoms with Crippen molar-refractivity contribution in [3.05, 3.63) is 48.0 Å². The van der Waals surface area contributed by atoms with Gasteiger partial charge in [0.2, 0.25) is 5.91 Å². The largest absolute Gasteiger partial charge is 0.497 e. The van der Waals surface area contributed by atoms with E-state index in [0.717, 1.165) is 45.5 Å². The highest BCUT2D eigenvalue weighted by Gasteiger charge is 2.23. The van der Waals surface area contributed by atoms with Gasteiger partial charge in [0.1, 0.15) is 17.0 Å². The second kappa shape index (κ2) is 8.06. The number of aromatic nitrogens is 1. The minimum absolute atomic E-state index is 0.163. The molecule has 0 radical (unpaired) electrons. The van der Waals surface area contributed by atoms with E-state index in [1.807, 2.05) is 41.3 Å². The Morgan fingerprint density at radius 3 is 2.46 bits per heavy atom. The molecule has 6 nitrogen and oxygen atoms in total. The van der Waals surface area contributed by atoms with Crippen molar-refractivity contribution in [2.75, 3.05) is 45.3 Å². The van der Waals surface area contributed by atoms with E-state index >= 15 is 0 Å². The van der Waals surface area contributed by atoms with E-state index in [4.69, 9.17) is 14.5 Å². The van der Waals surface area contributed by atoms with Crippen LogP contribution in [-0.4, -0.2) is 56.2 Å². The van der Waals surface area contributed by atoms with Crippen LogP contribution in [0.15, 0.2) is 42.5 Å². The van der Waals surface area contributed by atoms with E-state index in [9.17, 15) is 4.79 Å². The minimum atomic E-state index is 0.163. The molecule has 1 amide bonds. The molecule has 1 aromatic heterocycles. The van der Waals surface area contributed by atoms with Gasteiger partial charge in [-0.15, -0.1) is 0 Å². The predicted molar refractivity (Wildman–Crippen MR) is 112 cm³/mol. The summed E-state index contributed by atoms with van der Waals surface area (Å²) in [5.74, 6) is 1.77. The first-order chi connectivity index (χ1) is 13.7. The number of carbonyl (C=O) groups excluding carboxylic acids is 1. The van der Waals surface area contributed by atoms with Crippen LogP contribution in [0.5, 0.6) is 11.5 Å². The van der Waals surface area contributed by atoms with Gasteiger partial charge in [0.15, 0.2) is 5.13 Å². The molecule has 1 aliphatic rings. The van der Waals surface area contributed by atoms with E-state index in [1.165, 1.54) is 0 Å². The van der Waals surface area contributed by atoms with Gasteiger partial charge in [0.25, 0.3) is 0 Å². The number of benzene rings is 2. The Labute approximate surface area is 168 Å². The minimum Gasteiger partial charge on any atom is -0.497 e. The Morgan fingerprint density at radius 2 is 1.79 bits per heavy atom. The van der Waals surface area contributed by atoms with Crippen molar-refractivity contribution in [1.82, 2.24) is 9.88 Å². The molecule has 7 heteroatoms. The Balaban J connectivity index is 1.38. The summed E-state index contributed by atoms with van der Waals surface area (Å²) in [6.07, 6.45) is 0.419. The lowest BCUT2D eigenvalue weighted by atomic mass is 10.1. The number of methoxy groups -OCH3 is 2. The van der Waals surface area contributed by atoms with Crippen LogP contribution in [0.25, 0.3) is 10.2 Å². The van der Waals surface area contributed by atoms with E-state index in [-0.39, 0.29) is 5.91 Å². The van der Waals surface area contributed by atoms with E-state index < -0.39 is 0 Å². The van der Waals surface area contributed by atoms with Crippen molar-refractivity contribution in [3.63, 3.8) is 0 Å². The zero-order valence-electron chi connectivity index (χ0n) is 16.1. The van der Waals surface area contributed by atoms with E-state index in [2.05, 4.69) is 11.0 Å². The average molecular weight is 398 g/mol. The van der Waals surface area contributed by atoms with Gasteiger partial charge in [0.05, 0.1) is 25.3 Å². The van der Waals surface area contributed by atoms with E-state index in [0.29, 0.717) is 19.5 Å². The fourth-order valence-electron chi connectivity index (χ4n) is 3.39. The monoisotopic (exact) mass is 397 g/mol. The molecule has 1 saturated heterocycles. The Morgan fingerprint density at radius 1 is 1.04 bits per heavy atom. The van der Waals surface area contributed by atoms with Crippen LogP contribution in [0.2, 0.25) is 0 Å². The van der Waals surface area contributed by atoms with Crippen molar-refractivity contribution in [2.24, 2.45) is 0 Å². The lowest BCUT2D eigenvalue weighted by Gasteiger charge is -2.34. The summed E-state index contributed by atoms with van der Waals surface area (Å²) in [7, 11) is 3.31. The molecule has 0 aliphatic carbocycles. The number of rotatable bonds is 5. The molecule has 0 atom stereocenters. The molecule has 0 spiro atoms. The van der Waals surface area contributed by atoms with Crippen molar-refractivity contribution in [3.8, 4) is 11.5 Å². The smallest absolute Gasteiger partial charge is 0.227 e. The van der Waals surface area contributed by atoms with Crippen LogP contribution in [0, 0.1) is 0 Å². The third-order valence-electron chi connectivity index (χ3n) is 5.01. The molecule has 4 rings (SSSR count). The van der Waals surface area contributed by atoms with Crippen molar-refractivity contribution < 1.29 is 14.3 Å².